The van der Waals surface area contributed by atoms with E-state index >= 15 is 0 Å². The molecule has 22 heavy (non-hydrogen) atoms. The zero-order chi connectivity index (χ0) is 15.2. The van der Waals surface area contributed by atoms with Gasteiger partial charge >= 0.3 is 0 Å². The number of aliphatic hydroxyl groups is 1. The highest BCUT2D eigenvalue weighted by Crippen LogP contribution is 2.48. The summed E-state index contributed by atoms with van der Waals surface area (Å²) in [5.41, 5.74) is 3.08. The van der Waals surface area contributed by atoms with E-state index in [0.717, 1.165) is 22.3 Å². The summed E-state index contributed by atoms with van der Waals surface area (Å²) in [7, 11) is 0. The average Bonchev–Trinajstić information content (AvgIpc) is 2.81. The average molecular weight is 290 g/mol. The maximum atomic E-state index is 14.1. The van der Waals surface area contributed by atoms with Crippen LogP contribution in [0.4, 0.5) is 4.39 Å². The van der Waals surface area contributed by atoms with Gasteiger partial charge in [-0.1, -0.05) is 66.7 Å². The molecule has 1 aliphatic carbocycles. The molecule has 0 atom stereocenters. The summed E-state index contributed by atoms with van der Waals surface area (Å²) in [5.74, 6) is -0.280. The summed E-state index contributed by atoms with van der Waals surface area (Å²) in [6.45, 7) is 0. The van der Waals surface area contributed by atoms with Gasteiger partial charge in [0.05, 0.1) is 0 Å². The molecule has 3 aromatic carbocycles. The van der Waals surface area contributed by atoms with Crippen LogP contribution in [0.1, 0.15) is 16.7 Å². The van der Waals surface area contributed by atoms with Crippen molar-refractivity contribution < 1.29 is 9.50 Å². The molecule has 108 valence electrons. The molecule has 4 rings (SSSR count). The summed E-state index contributed by atoms with van der Waals surface area (Å²) in [6.07, 6.45) is 0.230. The van der Waals surface area contributed by atoms with E-state index in [9.17, 15) is 9.50 Å². The van der Waals surface area contributed by atoms with Gasteiger partial charge in [-0.3, -0.25) is 0 Å². The minimum absolute atomic E-state index is 0.230. The zero-order valence-electron chi connectivity index (χ0n) is 12.0. The first-order valence-electron chi connectivity index (χ1n) is 7.35. The van der Waals surface area contributed by atoms with Crippen molar-refractivity contribution in [3.05, 3.63) is 95.3 Å². The largest absolute Gasteiger partial charge is 0.380 e. The number of benzene rings is 3. The van der Waals surface area contributed by atoms with Crippen molar-refractivity contribution in [2.75, 3.05) is 0 Å². The van der Waals surface area contributed by atoms with Crippen molar-refractivity contribution in [1.82, 2.24) is 0 Å². The molecule has 0 unspecified atom stereocenters. The number of hydrogen-bond acceptors (Lipinski definition) is 1. The maximum absolute atomic E-state index is 14.1. The molecule has 0 spiro atoms. The molecule has 0 aliphatic heterocycles. The van der Waals surface area contributed by atoms with Crippen molar-refractivity contribution in [3.63, 3.8) is 0 Å². The second-order valence-corrected chi connectivity index (χ2v) is 5.72. The lowest BCUT2D eigenvalue weighted by atomic mass is 9.85. The Morgan fingerprint density at radius 3 is 1.82 bits per heavy atom. The van der Waals surface area contributed by atoms with Gasteiger partial charge in [0, 0.05) is 6.42 Å². The fraction of sp³-hybridized carbons (Fsp3) is 0.100. The second kappa shape index (κ2) is 4.79. The Hall–Kier alpha value is -2.45. The molecule has 0 bridgehead atoms. The van der Waals surface area contributed by atoms with E-state index in [-0.39, 0.29) is 12.2 Å². The van der Waals surface area contributed by atoms with E-state index < -0.39 is 5.60 Å². The molecular weight excluding hydrogens is 275 g/mol. The molecule has 1 N–H and O–H groups in total. The van der Waals surface area contributed by atoms with Gasteiger partial charge in [0.15, 0.2) is 0 Å². The Labute approximate surface area is 128 Å². The normalized spacial score (nSPS) is 14.5. The van der Waals surface area contributed by atoms with E-state index in [1.807, 2.05) is 48.5 Å². The molecule has 3 aromatic rings. The quantitative estimate of drug-likeness (QED) is 0.746. The number of fused-ring (bicyclic) bond motifs is 3. The Morgan fingerprint density at radius 1 is 0.727 bits per heavy atom. The summed E-state index contributed by atoms with van der Waals surface area (Å²) in [5, 5.41) is 11.4. The van der Waals surface area contributed by atoms with Crippen LogP contribution < -0.4 is 0 Å². The molecule has 1 nitrogen and oxygen atoms in total. The van der Waals surface area contributed by atoms with Gasteiger partial charge in [-0.25, -0.2) is 4.39 Å². The first-order valence-corrected chi connectivity index (χ1v) is 7.35. The van der Waals surface area contributed by atoms with E-state index in [2.05, 4.69) is 0 Å². The second-order valence-electron chi connectivity index (χ2n) is 5.72. The van der Waals surface area contributed by atoms with Gasteiger partial charge in [-0.05, 0) is 33.9 Å². The summed E-state index contributed by atoms with van der Waals surface area (Å²) in [4.78, 5) is 0. The fourth-order valence-corrected chi connectivity index (χ4v) is 3.41. The minimum Gasteiger partial charge on any atom is -0.380 e. The predicted octanol–water partition coefficient (Wildman–Crippen LogP) is 4.28. The van der Waals surface area contributed by atoms with E-state index in [4.69, 9.17) is 0 Å². The minimum atomic E-state index is -1.19. The smallest absolute Gasteiger partial charge is 0.126 e. The van der Waals surface area contributed by atoms with Crippen molar-refractivity contribution in [1.29, 1.82) is 0 Å². The molecule has 2 heteroatoms. The molecule has 0 fully saturated rings. The molecule has 0 amide bonds. The van der Waals surface area contributed by atoms with Crippen molar-refractivity contribution >= 4 is 0 Å². The van der Waals surface area contributed by atoms with Gasteiger partial charge in [-0.2, -0.15) is 0 Å². The zero-order valence-corrected chi connectivity index (χ0v) is 12.0. The highest BCUT2D eigenvalue weighted by Gasteiger charge is 2.41. The molecule has 1 aliphatic rings. The van der Waals surface area contributed by atoms with Crippen LogP contribution >= 0.6 is 0 Å². The highest BCUT2D eigenvalue weighted by molar-refractivity contribution is 5.80. The van der Waals surface area contributed by atoms with Crippen LogP contribution in [0.5, 0.6) is 0 Å². The molecular formula is C20H15FO. The molecule has 0 saturated carbocycles. The third kappa shape index (κ3) is 1.81. The van der Waals surface area contributed by atoms with E-state index in [1.165, 1.54) is 6.07 Å². The van der Waals surface area contributed by atoms with Gasteiger partial charge in [-0.15, -0.1) is 0 Å². The Kier molecular flexibility index (Phi) is 2.88. The van der Waals surface area contributed by atoms with E-state index in [0.29, 0.717) is 5.56 Å². The van der Waals surface area contributed by atoms with Gasteiger partial charge < -0.3 is 5.11 Å². The fourth-order valence-electron chi connectivity index (χ4n) is 3.41. The molecule has 0 heterocycles. The number of rotatable bonds is 2. The predicted molar refractivity (Wildman–Crippen MR) is 85.0 cm³/mol. The highest BCUT2D eigenvalue weighted by atomic mass is 19.1. The third-order valence-electron chi connectivity index (χ3n) is 4.44. The topological polar surface area (TPSA) is 20.2 Å². The van der Waals surface area contributed by atoms with Crippen molar-refractivity contribution in [2.24, 2.45) is 0 Å². The van der Waals surface area contributed by atoms with Crippen molar-refractivity contribution in [2.45, 2.75) is 12.0 Å². The van der Waals surface area contributed by atoms with Crippen LogP contribution in [-0.4, -0.2) is 5.11 Å². The maximum Gasteiger partial charge on any atom is 0.126 e. The van der Waals surface area contributed by atoms with Gasteiger partial charge in [0.25, 0.3) is 0 Å². The first kappa shape index (κ1) is 13.2. The summed E-state index contributed by atoms with van der Waals surface area (Å²) >= 11 is 0. The van der Waals surface area contributed by atoms with Gasteiger partial charge in [0.2, 0.25) is 0 Å². The van der Waals surface area contributed by atoms with E-state index in [1.54, 1.807) is 18.2 Å². The number of halogens is 1. The Balaban J connectivity index is 1.92. The monoisotopic (exact) mass is 290 g/mol. The molecule has 0 saturated heterocycles. The lowest BCUT2D eigenvalue weighted by Crippen LogP contribution is -2.28. The van der Waals surface area contributed by atoms with Crippen LogP contribution in [0.2, 0.25) is 0 Å². The van der Waals surface area contributed by atoms with Crippen LogP contribution in [-0.2, 0) is 12.0 Å². The Morgan fingerprint density at radius 2 is 1.23 bits per heavy atom. The SMILES string of the molecule is OC1(Cc2ccccc2F)c2ccccc2-c2ccccc21. The van der Waals surface area contributed by atoms with Crippen LogP contribution in [0, 0.1) is 5.82 Å². The number of hydrogen-bond donors (Lipinski definition) is 1. The summed E-state index contributed by atoms with van der Waals surface area (Å²) < 4.78 is 14.1. The third-order valence-corrected chi connectivity index (χ3v) is 4.44. The van der Waals surface area contributed by atoms with Crippen molar-refractivity contribution in [3.8, 4) is 11.1 Å². The lowest BCUT2D eigenvalue weighted by Gasteiger charge is -2.26. The molecule has 0 radical (unpaired) electrons. The molecule has 0 aromatic heterocycles. The first-order chi connectivity index (χ1) is 10.7. The van der Waals surface area contributed by atoms with Crippen LogP contribution in [0.15, 0.2) is 72.8 Å². The summed E-state index contributed by atoms with van der Waals surface area (Å²) in [6, 6.07) is 22.3. The lowest BCUT2D eigenvalue weighted by molar-refractivity contribution is 0.0850. The Bertz CT molecular complexity index is 808. The van der Waals surface area contributed by atoms with Gasteiger partial charge in [0.1, 0.15) is 11.4 Å². The van der Waals surface area contributed by atoms with Crippen LogP contribution in [0.3, 0.4) is 0 Å². The van der Waals surface area contributed by atoms with Crippen LogP contribution in [0.25, 0.3) is 11.1 Å². The standard InChI is InChI=1S/C20H15FO/c21-19-12-6-1-7-14(19)13-20(22)17-10-4-2-8-15(17)16-9-3-5-11-18(16)20/h1-12,22H,13H2.